The first-order chi connectivity index (χ1) is 5.77. The number of hydrogen-bond acceptors (Lipinski definition) is 3. The summed E-state index contributed by atoms with van der Waals surface area (Å²) in [5.41, 5.74) is 0.965. The molecule has 1 aliphatic carbocycles. The van der Waals surface area contributed by atoms with Crippen LogP contribution in [-0.4, -0.2) is 12.1 Å². The van der Waals surface area contributed by atoms with Crippen LogP contribution in [0.4, 0.5) is 0 Å². The normalized spacial score (nSPS) is 26.4. The number of hydroxylamine groups is 2. The van der Waals surface area contributed by atoms with Crippen LogP contribution in [0.3, 0.4) is 0 Å². The van der Waals surface area contributed by atoms with Gasteiger partial charge in [-0.2, -0.15) is 0 Å². The summed E-state index contributed by atoms with van der Waals surface area (Å²) in [6.07, 6.45) is 7.27. The minimum absolute atomic E-state index is 0.155. The van der Waals surface area contributed by atoms with Crippen molar-refractivity contribution in [2.24, 2.45) is 4.99 Å². The lowest BCUT2D eigenvalue weighted by Crippen LogP contribution is -3.01. The first-order valence-electron chi connectivity index (χ1n) is 3.50. The van der Waals surface area contributed by atoms with Gasteiger partial charge in [0.1, 0.15) is 11.8 Å². The summed E-state index contributed by atoms with van der Waals surface area (Å²) in [5.74, 6) is -0.155. The summed E-state index contributed by atoms with van der Waals surface area (Å²) in [6, 6.07) is 0. The summed E-state index contributed by atoms with van der Waals surface area (Å²) < 4.78 is 0. The van der Waals surface area contributed by atoms with E-state index in [9.17, 15) is 10.0 Å². The molecule has 2 rings (SSSR count). The molecule has 4 heteroatoms. The second-order valence-electron chi connectivity index (χ2n) is 2.49. The van der Waals surface area contributed by atoms with Gasteiger partial charge in [-0.3, -0.25) is 4.79 Å². The number of allylic oxidation sites excluding steroid dienone is 4. The van der Waals surface area contributed by atoms with Crippen LogP contribution >= 0.6 is 0 Å². The molecule has 0 fully saturated rings. The highest BCUT2D eigenvalue weighted by Gasteiger charge is 2.19. The molecule has 0 saturated heterocycles. The molecule has 0 aromatic heterocycles. The Morgan fingerprint density at radius 2 is 2.33 bits per heavy atom. The smallest absolute Gasteiger partial charge is 0.193 e. The molecule has 0 amide bonds. The van der Waals surface area contributed by atoms with Gasteiger partial charge in [0, 0.05) is 0 Å². The maximum atomic E-state index is 11.2. The molecular formula is C8H6N2O2. The van der Waals surface area contributed by atoms with Crippen molar-refractivity contribution in [3.63, 3.8) is 0 Å². The molecule has 12 heavy (non-hydrogen) atoms. The lowest BCUT2D eigenvalue weighted by molar-refractivity contribution is -0.676. The molecule has 2 aliphatic rings. The van der Waals surface area contributed by atoms with Crippen LogP contribution in [0.2, 0.25) is 0 Å². The van der Waals surface area contributed by atoms with E-state index in [1.165, 1.54) is 18.6 Å². The molecule has 1 N–H and O–H groups in total. The van der Waals surface area contributed by atoms with Gasteiger partial charge in [0.25, 0.3) is 0 Å². The first-order valence-corrected chi connectivity index (χ1v) is 3.50. The van der Waals surface area contributed by atoms with E-state index in [0.717, 1.165) is 0 Å². The minimum Gasteiger partial charge on any atom is -0.623 e. The van der Waals surface area contributed by atoms with E-state index in [1.54, 1.807) is 12.2 Å². The Morgan fingerprint density at radius 1 is 1.50 bits per heavy atom. The van der Waals surface area contributed by atoms with Gasteiger partial charge < -0.3 is 10.3 Å². The van der Waals surface area contributed by atoms with Gasteiger partial charge in [-0.25, -0.2) is 4.99 Å². The fourth-order valence-corrected chi connectivity index (χ4v) is 1.10. The van der Waals surface area contributed by atoms with Gasteiger partial charge in [0.15, 0.2) is 12.1 Å². The van der Waals surface area contributed by atoms with E-state index in [4.69, 9.17) is 0 Å². The molecule has 0 saturated carbocycles. The molecule has 1 aliphatic heterocycles. The fourth-order valence-electron chi connectivity index (χ4n) is 1.10. The van der Waals surface area contributed by atoms with Gasteiger partial charge in [-0.05, 0) is 12.2 Å². The topological polar surface area (TPSA) is 56.9 Å². The van der Waals surface area contributed by atoms with Crippen LogP contribution in [0.5, 0.6) is 0 Å². The lowest BCUT2D eigenvalue weighted by Gasteiger charge is -2.18. The molecule has 0 radical (unpaired) electrons. The predicted octanol–water partition coefficient (Wildman–Crippen LogP) is -0.682. The van der Waals surface area contributed by atoms with Crippen LogP contribution in [0.25, 0.3) is 0 Å². The summed E-state index contributed by atoms with van der Waals surface area (Å²) in [5, 5.41) is 10.6. The fraction of sp³-hybridized carbons (Fsp3) is 0. The number of carbonyl (C=O) groups is 1. The number of carbonyl (C=O) groups excluding carboxylic acids is 1. The molecule has 0 bridgehead atoms. The predicted molar refractivity (Wildman–Crippen MR) is 43.1 cm³/mol. The van der Waals surface area contributed by atoms with Crippen LogP contribution in [0.15, 0.2) is 40.7 Å². The molecule has 1 heterocycles. The molecule has 60 valence electrons. The highest BCUT2D eigenvalue weighted by atomic mass is 16.5. The van der Waals surface area contributed by atoms with Gasteiger partial charge in [-0.1, -0.05) is 6.08 Å². The number of aliphatic imine (C=N–C) groups is 1. The SMILES string of the molecule is O=C1C=CC=C2N=C[NH+]([O-])C=C12. The quantitative estimate of drug-likeness (QED) is 0.480. The van der Waals surface area contributed by atoms with Gasteiger partial charge in [0.05, 0.1) is 5.70 Å². The number of nitrogens with zero attached hydrogens (tertiary/aromatic N) is 1. The van der Waals surface area contributed by atoms with Crippen molar-refractivity contribution in [3.8, 4) is 0 Å². The maximum Gasteiger partial charge on any atom is 0.193 e. The van der Waals surface area contributed by atoms with Crippen molar-refractivity contribution in [3.05, 3.63) is 40.9 Å². The van der Waals surface area contributed by atoms with Crippen molar-refractivity contribution in [2.75, 3.05) is 0 Å². The third kappa shape index (κ3) is 1.03. The zero-order valence-corrected chi connectivity index (χ0v) is 6.15. The highest BCUT2D eigenvalue weighted by Crippen LogP contribution is 2.16. The number of fused-ring (bicyclic) bond motifs is 1. The second kappa shape index (κ2) is 2.51. The standard InChI is InChI=1S/C8H6N2O2/c11-8-3-1-2-7-6(8)4-10(12)5-9-7/h1-5,10H. The number of nitrogens with one attached hydrogen (secondary N) is 1. The molecule has 4 nitrogen and oxygen atoms in total. The Morgan fingerprint density at radius 3 is 3.17 bits per heavy atom. The van der Waals surface area contributed by atoms with E-state index < -0.39 is 0 Å². The monoisotopic (exact) mass is 162 g/mol. The van der Waals surface area contributed by atoms with E-state index >= 15 is 0 Å². The molecule has 0 aromatic rings. The number of ketones is 1. The van der Waals surface area contributed by atoms with Crippen LogP contribution in [0, 0.1) is 5.21 Å². The second-order valence-corrected chi connectivity index (χ2v) is 2.49. The highest BCUT2D eigenvalue weighted by molar-refractivity contribution is 6.08. The molecule has 1 atom stereocenters. The molecule has 0 aromatic carbocycles. The van der Waals surface area contributed by atoms with Crippen molar-refractivity contribution in [1.82, 2.24) is 0 Å². The summed E-state index contributed by atoms with van der Waals surface area (Å²) in [6.45, 7) is 0. The Hall–Kier alpha value is -1.52. The van der Waals surface area contributed by atoms with E-state index in [0.29, 0.717) is 11.3 Å². The summed E-state index contributed by atoms with van der Waals surface area (Å²) >= 11 is 0. The van der Waals surface area contributed by atoms with E-state index in [2.05, 4.69) is 4.99 Å². The summed E-state index contributed by atoms with van der Waals surface area (Å²) in [7, 11) is 0. The first kappa shape index (κ1) is 7.15. The largest absolute Gasteiger partial charge is 0.623 e. The van der Waals surface area contributed by atoms with Crippen LogP contribution in [0.1, 0.15) is 0 Å². The number of rotatable bonds is 0. The maximum absolute atomic E-state index is 11.2. The lowest BCUT2D eigenvalue weighted by atomic mass is 10.0. The van der Waals surface area contributed by atoms with Gasteiger partial charge in [0.2, 0.25) is 0 Å². The number of hydrogen-bond donors (Lipinski definition) is 1. The minimum atomic E-state index is -0.231. The van der Waals surface area contributed by atoms with Crippen molar-refractivity contribution in [1.29, 1.82) is 0 Å². The average molecular weight is 162 g/mol. The third-order valence-electron chi connectivity index (χ3n) is 1.66. The van der Waals surface area contributed by atoms with Crippen molar-refractivity contribution >= 4 is 12.1 Å². The Bertz CT molecular complexity index is 350. The van der Waals surface area contributed by atoms with E-state index in [1.807, 2.05) is 0 Å². The van der Waals surface area contributed by atoms with Gasteiger partial charge in [-0.15, -0.1) is 0 Å². The summed E-state index contributed by atoms with van der Waals surface area (Å²) in [4.78, 5) is 15.0. The molecule has 1 unspecified atom stereocenters. The van der Waals surface area contributed by atoms with Crippen LogP contribution in [-0.2, 0) is 4.79 Å². The zero-order valence-electron chi connectivity index (χ0n) is 6.15. The Balaban J connectivity index is 2.46. The Kier molecular flexibility index (Phi) is 1.49. The molecule has 0 spiro atoms. The van der Waals surface area contributed by atoms with Crippen molar-refractivity contribution < 1.29 is 9.86 Å². The third-order valence-corrected chi connectivity index (χ3v) is 1.66. The Labute approximate surface area is 68.8 Å². The average Bonchev–Trinajstić information content (AvgIpc) is 2.07. The van der Waals surface area contributed by atoms with Gasteiger partial charge >= 0.3 is 0 Å². The molecular weight excluding hydrogens is 156 g/mol. The van der Waals surface area contributed by atoms with Crippen molar-refractivity contribution in [2.45, 2.75) is 0 Å². The van der Waals surface area contributed by atoms with E-state index in [-0.39, 0.29) is 10.8 Å². The number of quaternary nitrogens is 1. The van der Waals surface area contributed by atoms with Crippen LogP contribution < -0.4 is 5.06 Å². The zero-order chi connectivity index (χ0) is 8.55.